The van der Waals surface area contributed by atoms with Gasteiger partial charge in [0, 0.05) is 12.6 Å². The average Bonchev–Trinajstić information content (AvgIpc) is 2.09. The van der Waals surface area contributed by atoms with E-state index in [1.165, 1.54) is 4.90 Å². The standard InChI is InChI=1S/C10H21F3N2/c1-4-9(5-14)6-15(8(2)3)7-10(11,12)13/h8-9H,4-7,14H2,1-3H3. The van der Waals surface area contributed by atoms with Crippen LogP contribution in [-0.4, -0.2) is 36.8 Å². The van der Waals surface area contributed by atoms with Crippen LogP contribution in [0.2, 0.25) is 0 Å². The first-order valence-electron chi connectivity index (χ1n) is 5.31. The maximum atomic E-state index is 12.3. The molecule has 0 amide bonds. The Morgan fingerprint density at radius 2 is 1.80 bits per heavy atom. The lowest BCUT2D eigenvalue weighted by Gasteiger charge is -2.30. The Morgan fingerprint density at radius 1 is 1.27 bits per heavy atom. The van der Waals surface area contributed by atoms with Crippen LogP contribution in [0.4, 0.5) is 13.2 Å². The molecule has 0 spiro atoms. The highest BCUT2D eigenvalue weighted by molar-refractivity contribution is 4.71. The minimum absolute atomic E-state index is 0.104. The van der Waals surface area contributed by atoms with E-state index >= 15 is 0 Å². The first-order chi connectivity index (χ1) is 6.80. The highest BCUT2D eigenvalue weighted by Crippen LogP contribution is 2.19. The molecule has 0 aromatic rings. The number of rotatable bonds is 6. The number of alkyl halides is 3. The second kappa shape index (κ2) is 6.33. The van der Waals surface area contributed by atoms with Gasteiger partial charge in [-0.25, -0.2) is 0 Å². The van der Waals surface area contributed by atoms with Crippen molar-refractivity contribution in [1.29, 1.82) is 0 Å². The summed E-state index contributed by atoms with van der Waals surface area (Å²) in [5, 5.41) is 0. The SMILES string of the molecule is CCC(CN)CN(CC(F)(F)F)C(C)C. The van der Waals surface area contributed by atoms with Gasteiger partial charge in [-0.2, -0.15) is 13.2 Å². The number of hydrogen-bond donors (Lipinski definition) is 1. The van der Waals surface area contributed by atoms with Crippen molar-refractivity contribution in [2.75, 3.05) is 19.6 Å². The van der Waals surface area contributed by atoms with E-state index in [0.29, 0.717) is 13.1 Å². The molecule has 5 heteroatoms. The molecule has 2 nitrogen and oxygen atoms in total. The third kappa shape index (κ3) is 6.73. The number of hydrogen-bond acceptors (Lipinski definition) is 2. The summed E-state index contributed by atoms with van der Waals surface area (Å²) in [5.74, 6) is 0.148. The molecule has 0 aromatic carbocycles. The van der Waals surface area contributed by atoms with E-state index in [9.17, 15) is 13.2 Å². The summed E-state index contributed by atoms with van der Waals surface area (Å²) in [6.45, 7) is 5.51. The van der Waals surface area contributed by atoms with Crippen molar-refractivity contribution in [3.05, 3.63) is 0 Å². The molecule has 2 N–H and O–H groups in total. The van der Waals surface area contributed by atoms with Gasteiger partial charge in [0.05, 0.1) is 6.54 Å². The lowest BCUT2D eigenvalue weighted by Crippen LogP contribution is -2.43. The van der Waals surface area contributed by atoms with Crippen molar-refractivity contribution in [1.82, 2.24) is 4.90 Å². The summed E-state index contributed by atoms with van der Waals surface area (Å²) in [7, 11) is 0. The van der Waals surface area contributed by atoms with Gasteiger partial charge in [0.2, 0.25) is 0 Å². The molecule has 15 heavy (non-hydrogen) atoms. The van der Waals surface area contributed by atoms with Crippen LogP contribution in [0.1, 0.15) is 27.2 Å². The molecular weight excluding hydrogens is 205 g/mol. The Bertz CT molecular complexity index is 165. The molecule has 0 radical (unpaired) electrons. The molecule has 0 saturated carbocycles. The van der Waals surface area contributed by atoms with E-state index in [4.69, 9.17) is 5.73 Å². The number of halogens is 3. The lowest BCUT2D eigenvalue weighted by atomic mass is 10.1. The smallest absolute Gasteiger partial charge is 0.330 e. The second-order valence-corrected chi connectivity index (χ2v) is 4.15. The average molecular weight is 226 g/mol. The predicted molar refractivity (Wildman–Crippen MR) is 55.6 cm³/mol. The molecule has 0 aliphatic heterocycles. The van der Waals surface area contributed by atoms with E-state index in [2.05, 4.69) is 0 Å². The van der Waals surface area contributed by atoms with Crippen molar-refractivity contribution in [2.24, 2.45) is 11.7 Å². The Labute approximate surface area is 89.6 Å². The fraction of sp³-hybridized carbons (Fsp3) is 1.00. The Balaban J connectivity index is 4.27. The van der Waals surface area contributed by atoms with Gasteiger partial charge in [-0.3, -0.25) is 4.90 Å². The van der Waals surface area contributed by atoms with Crippen molar-refractivity contribution in [3.8, 4) is 0 Å². The van der Waals surface area contributed by atoms with Crippen LogP contribution in [0, 0.1) is 5.92 Å². The van der Waals surface area contributed by atoms with Crippen molar-refractivity contribution >= 4 is 0 Å². The van der Waals surface area contributed by atoms with Gasteiger partial charge in [-0.15, -0.1) is 0 Å². The first-order valence-corrected chi connectivity index (χ1v) is 5.31. The molecule has 0 heterocycles. The fourth-order valence-electron chi connectivity index (χ4n) is 1.39. The zero-order valence-electron chi connectivity index (χ0n) is 9.64. The van der Waals surface area contributed by atoms with Crippen LogP contribution >= 0.6 is 0 Å². The van der Waals surface area contributed by atoms with Gasteiger partial charge in [-0.1, -0.05) is 13.3 Å². The van der Waals surface area contributed by atoms with Gasteiger partial charge in [0.15, 0.2) is 0 Å². The van der Waals surface area contributed by atoms with E-state index in [1.807, 2.05) is 6.92 Å². The minimum atomic E-state index is -4.13. The molecule has 0 aromatic heterocycles. The van der Waals surface area contributed by atoms with Gasteiger partial charge >= 0.3 is 6.18 Å². The largest absolute Gasteiger partial charge is 0.401 e. The van der Waals surface area contributed by atoms with Crippen molar-refractivity contribution < 1.29 is 13.2 Å². The van der Waals surface area contributed by atoms with Gasteiger partial charge < -0.3 is 5.73 Å². The molecule has 1 unspecified atom stereocenters. The maximum absolute atomic E-state index is 12.3. The van der Waals surface area contributed by atoms with Crippen LogP contribution in [0.5, 0.6) is 0 Å². The predicted octanol–water partition coefficient (Wildman–Crippen LogP) is 2.24. The zero-order valence-corrected chi connectivity index (χ0v) is 9.64. The Kier molecular flexibility index (Phi) is 6.20. The van der Waals surface area contributed by atoms with Crippen LogP contribution < -0.4 is 5.73 Å². The van der Waals surface area contributed by atoms with Gasteiger partial charge in [-0.05, 0) is 26.3 Å². The Hall–Kier alpha value is -0.290. The molecule has 0 rings (SSSR count). The quantitative estimate of drug-likeness (QED) is 0.752. The zero-order chi connectivity index (χ0) is 12.1. The highest BCUT2D eigenvalue weighted by atomic mass is 19.4. The van der Waals surface area contributed by atoms with Crippen molar-refractivity contribution in [3.63, 3.8) is 0 Å². The number of nitrogens with zero attached hydrogens (tertiary/aromatic N) is 1. The Morgan fingerprint density at radius 3 is 2.07 bits per heavy atom. The minimum Gasteiger partial charge on any atom is -0.330 e. The van der Waals surface area contributed by atoms with E-state index in [-0.39, 0.29) is 12.0 Å². The van der Waals surface area contributed by atoms with Gasteiger partial charge in [0.1, 0.15) is 0 Å². The third-order valence-corrected chi connectivity index (χ3v) is 2.52. The molecular formula is C10H21F3N2. The molecule has 0 aliphatic rings. The van der Waals surface area contributed by atoms with Crippen LogP contribution in [0.25, 0.3) is 0 Å². The topological polar surface area (TPSA) is 29.3 Å². The number of nitrogens with two attached hydrogens (primary N) is 1. The van der Waals surface area contributed by atoms with Crippen molar-refractivity contribution in [2.45, 2.75) is 39.4 Å². The highest BCUT2D eigenvalue weighted by Gasteiger charge is 2.32. The molecule has 0 aliphatic carbocycles. The normalized spacial score (nSPS) is 15.0. The molecule has 0 bridgehead atoms. The monoisotopic (exact) mass is 226 g/mol. The molecule has 0 saturated heterocycles. The van der Waals surface area contributed by atoms with Crippen LogP contribution in [-0.2, 0) is 0 Å². The molecule has 1 atom stereocenters. The molecule has 92 valence electrons. The van der Waals surface area contributed by atoms with Crippen LogP contribution in [0.3, 0.4) is 0 Å². The van der Waals surface area contributed by atoms with E-state index in [1.54, 1.807) is 13.8 Å². The van der Waals surface area contributed by atoms with E-state index in [0.717, 1.165) is 6.42 Å². The maximum Gasteiger partial charge on any atom is 0.401 e. The summed E-state index contributed by atoms with van der Waals surface area (Å²) in [5.41, 5.74) is 5.49. The third-order valence-electron chi connectivity index (χ3n) is 2.52. The van der Waals surface area contributed by atoms with Crippen LogP contribution in [0.15, 0.2) is 0 Å². The van der Waals surface area contributed by atoms with Gasteiger partial charge in [0.25, 0.3) is 0 Å². The molecule has 0 fully saturated rings. The first kappa shape index (κ1) is 14.7. The fourth-order valence-corrected chi connectivity index (χ4v) is 1.39. The van der Waals surface area contributed by atoms with E-state index < -0.39 is 12.7 Å². The summed E-state index contributed by atoms with van der Waals surface area (Å²) >= 11 is 0. The second-order valence-electron chi connectivity index (χ2n) is 4.15. The lowest BCUT2D eigenvalue weighted by molar-refractivity contribution is -0.150. The summed E-state index contributed by atoms with van der Waals surface area (Å²) in [4.78, 5) is 1.43. The summed E-state index contributed by atoms with van der Waals surface area (Å²) in [6.07, 6.45) is -3.31. The summed E-state index contributed by atoms with van der Waals surface area (Å²) in [6, 6.07) is -0.104. The summed E-state index contributed by atoms with van der Waals surface area (Å²) < 4.78 is 36.8.